The van der Waals surface area contributed by atoms with Gasteiger partial charge in [0, 0.05) is 12.8 Å². The van der Waals surface area contributed by atoms with Crippen LogP contribution in [-0.4, -0.2) is 52.7 Å². The lowest BCUT2D eigenvalue weighted by Crippen LogP contribution is -2.36. The number of hydrogen-bond donors (Lipinski definition) is 2. The number of hydrogen-bond acceptors (Lipinski definition) is 7. The van der Waals surface area contributed by atoms with Gasteiger partial charge in [-0.05, 0) is 77.0 Å². The first-order valence-electron chi connectivity index (χ1n) is 11.8. The van der Waals surface area contributed by atoms with Crippen LogP contribution in [0.2, 0.25) is 0 Å². The Bertz CT molecular complexity index is 611. The van der Waals surface area contributed by atoms with Crippen molar-refractivity contribution in [3.05, 3.63) is 0 Å². The summed E-state index contributed by atoms with van der Waals surface area (Å²) >= 11 is 0. The first-order chi connectivity index (χ1) is 14.8. The van der Waals surface area contributed by atoms with Gasteiger partial charge in [-0.1, -0.05) is 0 Å². The lowest BCUT2D eigenvalue weighted by atomic mass is 9.85. The Hall–Kier alpha value is -1.67. The third-order valence-electron chi connectivity index (χ3n) is 7.10. The molecule has 3 rings (SSSR count). The van der Waals surface area contributed by atoms with Gasteiger partial charge >= 0.3 is 17.9 Å². The van der Waals surface area contributed by atoms with Crippen molar-refractivity contribution in [2.75, 3.05) is 0 Å². The van der Waals surface area contributed by atoms with E-state index in [4.69, 9.17) is 19.3 Å². The molecule has 1 unspecified atom stereocenters. The van der Waals surface area contributed by atoms with Gasteiger partial charge in [-0.2, -0.15) is 0 Å². The number of aliphatic hydroxyl groups excluding tert-OH is 1. The molecule has 0 amide bonds. The van der Waals surface area contributed by atoms with E-state index in [1.807, 2.05) is 0 Å². The fourth-order valence-electron chi connectivity index (χ4n) is 5.16. The number of carboxylic acids is 1. The van der Waals surface area contributed by atoms with Crippen LogP contribution in [0, 0.1) is 17.8 Å². The molecule has 0 radical (unpaired) electrons. The predicted molar refractivity (Wildman–Crippen MR) is 110 cm³/mol. The molecule has 0 aromatic heterocycles. The van der Waals surface area contributed by atoms with Crippen LogP contribution in [0.25, 0.3) is 0 Å². The smallest absolute Gasteiger partial charge is 0.309 e. The van der Waals surface area contributed by atoms with E-state index in [0.717, 1.165) is 12.8 Å². The van der Waals surface area contributed by atoms with Crippen molar-refractivity contribution in [3.8, 4) is 0 Å². The molecule has 3 aliphatic carbocycles. The van der Waals surface area contributed by atoms with Crippen LogP contribution >= 0.6 is 0 Å². The Labute approximate surface area is 183 Å². The molecule has 0 bridgehead atoms. The molecule has 0 spiro atoms. The maximum Gasteiger partial charge on any atom is 0.309 e. The Kier molecular flexibility index (Phi) is 8.72. The largest absolute Gasteiger partial charge is 0.481 e. The van der Waals surface area contributed by atoms with Gasteiger partial charge in [-0.25, -0.2) is 0 Å². The van der Waals surface area contributed by atoms with E-state index < -0.39 is 12.3 Å². The lowest BCUT2D eigenvalue weighted by molar-refractivity contribution is -0.185. The minimum absolute atomic E-state index is 0.0197. The summed E-state index contributed by atoms with van der Waals surface area (Å²) in [7, 11) is 0. The van der Waals surface area contributed by atoms with Crippen molar-refractivity contribution in [1.82, 2.24) is 0 Å². The molecule has 8 nitrogen and oxygen atoms in total. The zero-order valence-electron chi connectivity index (χ0n) is 18.4. The van der Waals surface area contributed by atoms with Crippen molar-refractivity contribution in [3.63, 3.8) is 0 Å². The minimum Gasteiger partial charge on any atom is -0.481 e. The average molecular weight is 441 g/mol. The Morgan fingerprint density at radius 3 is 1.74 bits per heavy atom. The highest BCUT2D eigenvalue weighted by molar-refractivity contribution is 5.73. The number of esters is 2. The second-order valence-corrected chi connectivity index (χ2v) is 9.40. The third-order valence-corrected chi connectivity index (χ3v) is 7.10. The number of rotatable bonds is 7. The Balaban J connectivity index is 1.33. The Morgan fingerprint density at radius 2 is 1.19 bits per heavy atom. The predicted octanol–water partition coefficient (Wildman–Crippen LogP) is 3.19. The number of aliphatic carboxylic acids is 1. The summed E-state index contributed by atoms with van der Waals surface area (Å²) in [6.45, 7) is 1.41. The van der Waals surface area contributed by atoms with Gasteiger partial charge in [-0.15, -0.1) is 0 Å². The summed E-state index contributed by atoms with van der Waals surface area (Å²) in [5.41, 5.74) is 0. The molecule has 0 saturated heterocycles. The second-order valence-electron chi connectivity index (χ2n) is 9.40. The number of carboxylic acid groups (broad SMARTS) is 1. The van der Waals surface area contributed by atoms with Gasteiger partial charge in [0.25, 0.3) is 0 Å². The van der Waals surface area contributed by atoms with E-state index in [2.05, 4.69) is 0 Å². The third kappa shape index (κ3) is 7.17. The van der Waals surface area contributed by atoms with Crippen LogP contribution in [0.4, 0.5) is 0 Å². The molecule has 0 aliphatic heterocycles. The molecule has 2 N–H and O–H groups in total. The summed E-state index contributed by atoms with van der Waals surface area (Å²) in [6.07, 6.45) is 7.06. The van der Waals surface area contributed by atoms with E-state index in [-0.39, 0.29) is 48.0 Å². The van der Waals surface area contributed by atoms with Crippen LogP contribution in [0.15, 0.2) is 0 Å². The van der Waals surface area contributed by atoms with Gasteiger partial charge in [0.2, 0.25) is 0 Å². The molecule has 0 heterocycles. The van der Waals surface area contributed by atoms with E-state index in [1.165, 1.54) is 6.92 Å². The summed E-state index contributed by atoms with van der Waals surface area (Å²) in [6, 6.07) is 0. The van der Waals surface area contributed by atoms with Gasteiger partial charge in [0.1, 0.15) is 12.2 Å². The molecular formula is C23H36O8. The Morgan fingerprint density at radius 1 is 0.710 bits per heavy atom. The highest BCUT2D eigenvalue weighted by Crippen LogP contribution is 2.34. The molecule has 0 aromatic carbocycles. The fraction of sp³-hybridized carbons (Fsp3) is 0.870. The van der Waals surface area contributed by atoms with Crippen molar-refractivity contribution >= 4 is 17.9 Å². The average Bonchev–Trinajstić information content (AvgIpc) is 2.74. The van der Waals surface area contributed by atoms with E-state index in [0.29, 0.717) is 64.2 Å². The first kappa shape index (κ1) is 24.0. The summed E-state index contributed by atoms with van der Waals surface area (Å²) in [4.78, 5) is 34.6. The van der Waals surface area contributed by atoms with E-state index in [9.17, 15) is 19.5 Å². The highest BCUT2D eigenvalue weighted by Gasteiger charge is 2.34. The number of carbonyl (C=O) groups excluding carboxylic acids is 2. The monoisotopic (exact) mass is 440 g/mol. The quantitative estimate of drug-likeness (QED) is 0.458. The van der Waals surface area contributed by atoms with Crippen molar-refractivity contribution < 1.29 is 38.8 Å². The van der Waals surface area contributed by atoms with E-state index in [1.54, 1.807) is 0 Å². The molecule has 1 atom stereocenters. The van der Waals surface area contributed by atoms with Gasteiger partial charge in [0.05, 0.1) is 17.9 Å². The van der Waals surface area contributed by atoms with Gasteiger partial charge in [0.15, 0.2) is 6.29 Å². The zero-order chi connectivity index (χ0) is 22.4. The van der Waals surface area contributed by atoms with Crippen molar-refractivity contribution in [2.24, 2.45) is 17.8 Å². The van der Waals surface area contributed by atoms with Crippen LogP contribution in [0.1, 0.15) is 84.0 Å². The number of ether oxygens (including phenoxy) is 3. The summed E-state index contributed by atoms with van der Waals surface area (Å²) in [5.74, 6) is -1.58. The molecule has 3 saturated carbocycles. The molecule has 176 valence electrons. The maximum absolute atomic E-state index is 12.5. The normalized spacial score (nSPS) is 35.0. The summed E-state index contributed by atoms with van der Waals surface area (Å²) < 4.78 is 16.8. The molecule has 31 heavy (non-hydrogen) atoms. The molecule has 3 fully saturated rings. The fourth-order valence-corrected chi connectivity index (χ4v) is 5.16. The molecule has 8 heteroatoms. The van der Waals surface area contributed by atoms with Crippen LogP contribution in [-0.2, 0) is 28.6 Å². The standard InChI is InChI=1S/C23H36O8/c1-14(24)29-18-10-4-16(5-11-18)22(27)31-20-12-6-17(7-13-20)23(28)30-19-8-2-15(3-9-19)21(25)26/h15-20,23,28H,2-13H2,1H3,(H,25,26). The van der Waals surface area contributed by atoms with Crippen LogP contribution in [0.3, 0.4) is 0 Å². The molecular weight excluding hydrogens is 404 g/mol. The SMILES string of the molecule is CC(=O)OC1CCC(C(=O)OC2CCC(C(O)OC3CCC(C(=O)O)CC3)CC2)CC1. The van der Waals surface area contributed by atoms with E-state index >= 15 is 0 Å². The second kappa shape index (κ2) is 11.3. The van der Waals surface area contributed by atoms with Crippen molar-refractivity contribution in [1.29, 1.82) is 0 Å². The van der Waals surface area contributed by atoms with Crippen molar-refractivity contribution in [2.45, 2.75) is 109 Å². The van der Waals surface area contributed by atoms with Gasteiger partial charge in [-0.3, -0.25) is 14.4 Å². The number of carbonyl (C=O) groups is 3. The molecule has 0 aromatic rings. The van der Waals surface area contributed by atoms with Gasteiger partial charge < -0.3 is 24.4 Å². The highest BCUT2D eigenvalue weighted by atomic mass is 16.6. The summed E-state index contributed by atoms with van der Waals surface area (Å²) in [5, 5.41) is 19.6. The minimum atomic E-state index is -0.848. The van der Waals surface area contributed by atoms with Crippen LogP contribution < -0.4 is 0 Å². The number of aliphatic hydroxyl groups is 1. The topological polar surface area (TPSA) is 119 Å². The van der Waals surface area contributed by atoms with Crippen LogP contribution in [0.5, 0.6) is 0 Å². The lowest BCUT2D eigenvalue weighted by Gasteiger charge is -2.35. The maximum atomic E-state index is 12.5. The zero-order valence-corrected chi connectivity index (χ0v) is 18.4. The molecule has 3 aliphatic rings. The first-order valence-corrected chi connectivity index (χ1v) is 11.8.